The van der Waals surface area contributed by atoms with Gasteiger partial charge >= 0.3 is 5.97 Å². The van der Waals surface area contributed by atoms with Gasteiger partial charge in [-0.2, -0.15) is 0 Å². The molecule has 1 unspecified atom stereocenters. The zero-order valence-electron chi connectivity index (χ0n) is 7.48. The molecule has 1 aromatic rings. The third kappa shape index (κ3) is 3.37. The molecule has 2 N–H and O–H groups in total. The Morgan fingerprint density at radius 3 is 2.73 bits per heavy atom. The molecule has 0 spiro atoms. The largest absolute Gasteiger partial charge is 0.480 e. The molecule has 15 heavy (non-hydrogen) atoms. The quantitative estimate of drug-likeness (QED) is 0.803. The minimum Gasteiger partial charge on any atom is -0.480 e. The van der Waals surface area contributed by atoms with E-state index >= 15 is 0 Å². The first-order chi connectivity index (χ1) is 7.04. The number of aliphatic hydroxyl groups is 1. The van der Waals surface area contributed by atoms with Crippen LogP contribution in [0, 0.1) is 5.82 Å². The van der Waals surface area contributed by atoms with Crippen molar-refractivity contribution in [3.8, 4) is 0 Å². The van der Waals surface area contributed by atoms with Crippen molar-refractivity contribution in [2.24, 2.45) is 0 Å². The van der Waals surface area contributed by atoms with Gasteiger partial charge in [0.25, 0.3) is 0 Å². The summed E-state index contributed by atoms with van der Waals surface area (Å²) in [6, 6.07) is 3.89. The van der Waals surface area contributed by atoms with Crippen molar-refractivity contribution < 1.29 is 19.4 Å². The van der Waals surface area contributed by atoms with Crippen LogP contribution in [0.5, 0.6) is 0 Å². The number of hydrogen-bond acceptors (Lipinski definition) is 3. The molecule has 0 heterocycles. The van der Waals surface area contributed by atoms with Crippen molar-refractivity contribution in [1.82, 2.24) is 0 Å². The first-order valence-corrected chi connectivity index (χ1v) is 5.25. The van der Waals surface area contributed by atoms with Gasteiger partial charge in [-0.15, -0.1) is 11.8 Å². The second kappa shape index (κ2) is 5.34. The van der Waals surface area contributed by atoms with Crippen molar-refractivity contribution in [2.45, 2.75) is 10.1 Å². The Morgan fingerprint density at radius 2 is 2.27 bits per heavy atom. The third-order valence-electron chi connectivity index (χ3n) is 1.61. The van der Waals surface area contributed by atoms with E-state index in [4.69, 9.17) is 21.8 Å². The van der Waals surface area contributed by atoms with Gasteiger partial charge in [-0.1, -0.05) is 11.6 Å². The van der Waals surface area contributed by atoms with Crippen LogP contribution in [0.2, 0.25) is 5.02 Å². The first kappa shape index (κ1) is 12.3. The molecule has 82 valence electrons. The molecule has 0 fully saturated rings. The smallest absolute Gasteiger partial charge is 0.319 e. The third-order valence-corrected chi connectivity index (χ3v) is 3.06. The Bertz CT molecular complexity index is 372. The molecule has 6 heteroatoms. The van der Waals surface area contributed by atoms with E-state index in [2.05, 4.69) is 0 Å². The molecule has 0 aliphatic carbocycles. The SMILES string of the molecule is O=C(O)C(CO)Sc1ccc(F)c(Cl)c1. The number of carboxylic acid groups (broad SMARTS) is 1. The zero-order chi connectivity index (χ0) is 11.4. The lowest BCUT2D eigenvalue weighted by molar-refractivity contribution is -0.137. The first-order valence-electron chi connectivity index (χ1n) is 4.00. The number of hydrogen-bond donors (Lipinski definition) is 2. The maximum Gasteiger partial charge on any atom is 0.319 e. The number of carbonyl (C=O) groups is 1. The molecule has 0 aromatic heterocycles. The average Bonchev–Trinajstić information content (AvgIpc) is 2.19. The number of rotatable bonds is 4. The van der Waals surface area contributed by atoms with Gasteiger partial charge in [-0.25, -0.2) is 4.39 Å². The van der Waals surface area contributed by atoms with E-state index in [1.807, 2.05) is 0 Å². The summed E-state index contributed by atoms with van der Waals surface area (Å²) >= 11 is 6.44. The van der Waals surface area contributed by atoms with E-state index in [9.17, 15) is 9.18 Å². The van der Waals surface area contributed by atoms with E-state index in [-0.39, 0.29) is 5.02 Å². The number of aliphatic carboxylic acids is 1. The molecule has 0 amide bonds. The molecule has 1 aromatic carbocycles. The molecule has 0 saturated heterocycles. The number of carboxylic acids is 1. The van der Waals surface area contributed by atoms with Crippen LogP contribution in [0.3, 0.4) is 0 Å². The van der Waals surface area contributed by atoms with Crippen molar-refractivity contribution in [1.29, 1.82) is 0 Å². The Morgan fingerprint density at radius 1 is 1.60 bits per heavy atom. The highest BCUT2D eigenvalue weighted by molar-refractivity contribution is 8.00. The lowest BCUT2D eigenvalue weighted by Gasteiger charge is -2.08. The predicted molar refractivity (Wildman–Crippen MR) is 55.8 cm³/mol. The molecule has 0 radical (unpaired) electrons. The summed E-state index contributed by atoms with van der Waals surface area (Å²) in [5.74, 6) is -1.68. The van der Waals surface area contributed by atoms with Crippen LogP contribution in [-0.2, 0) is 4.79 Å². The minimum absolute atomic E-state index is 0.0675. The van der Waals surface area contributed by atoms with Gasteiger partial charge in [0.15, 0.2) is 0 Å². The van der Waals surface area contributed by atoms with Crippen molar-refractivity contribution in [3.05, 3.63) is 29.0 Å². The molecule has 0 saturated carbocycles. The van der Waals surface area contributed by atoms with Gasteiger partial charge in [0.2, 0.25) is 0 Å². The van der Waals surface area contributed by atoms with E-state index < -0.39 is 23.6 Å². The van der Waals surface area contributed by atoms with Gasteiger partial charge in [0.05, 0.1) is 11.6 Å². The Kier molecular flexibility index (Phi) is 4.38. The van der Waals surface area contributed by atoms with E-state index in [0.29, 0.717) is 4.90 Å². The van der Waals surface area contributed by atoms with E-state index in [1.54, 1.807) is 0 Å². The Hall–Kier alpha value is -0.780. The molecule has 3 nitrogen and oxygen atoms in total. The van der Waals surface area contributed by atoms with E-state index in [0.717, 1.165) is 17.8 Å². The summed E-state index contributed by atoms with van der Waals surface area (Å²) in [5.41, 5.74) is 0. The van der Waals surface area contributed by atoms with Crippen LogP contribution in [0.15, 0.2) is 23.1 Å². The number of benzene rings is 1. The van der Waals surface area contributed by atoms with Crippen molar-refractivity contribution in [3.63, 3.8) is 0 Å². The molecule has 0 bridgehead atoms. The van der Waals surface area contributed by atoms with Crippen LogP contribution in [0.4, 0.5) is 4.39 Å². The van der Waals surface area contributed by atoms with Crippen LogP contribution >= 0.6 is 23.4 Å². The van der Waals surface area contributed by atoms with Crippen molar-refractivity contribution >= 4 is 29.3 Å². The zero-order valence-corrected chi connectivity index (χ0v) is 9.06. The normalized spacial score (nSPS) is 12.5. The fourth-order valence-electron chi connectivity index (χ4n) is 0.880. The number of thioether (sulfide) groups is 1. The van der Waals surface area contributed by atoms with E-state index in [1.165, 1.54) is 12.1 Å². The predicted octanol–water partition coefficient (Wildman–Crippen LogP) is 2.02. The Labute approximate surface area is 94.9 Å². The second-order valence-corrected chi connectivity index (χ2v) is 4.39. The number of aliphatic hydroxyl groups excluding tert-OH is 1. The summed E-state index contributed by atoms with van der Waals surface area (Å²) in [6.07, 6.45) is 0. The minimum atomic E-state index is -1.12. The van der Waals surface area contributed by atoms with Crippen LogP contribution in [-0.4, -0.2) is 28.0 Å². The van der Waals surface area contributed by atoms with Crippen LogP contribution in [0.1, 0.15) is 0 Å². The molecular weight excluding hydrogens is 243 g/mol. The molecular formula is C9H8ClFO3S. The second-order valence-electron chi connectivity index (χ2n) is 2.70. The van der Waals surface area contributed by atoms with Crippen molar-refractivity contribution in [2.75, 3.05) is 6.61 Å². The highest BCUT2D eigenvalue weighted by atomic mass is 35.5. The summed E-state index contributed by atoms with van der Waals surface area (Å²) in [7, 11) is 0. The monoisotopic (exact) mass is 250 g/mol. The fourth-order valence-corrected chi connectivity index (χ4v) is 1.96. The molecule has 1 atom stereocenters. The topological polar surface area (TPSA) is 57.5 Å². The maximum absolute atomic E-state index is 12.8. The summed E-state index contributed by atoms with van der Waals surface area (Å²) in [4.78, 5) is 11.1. The lowest BCUT2D eigenvalue weighted by Crippen LogP contribution is -2.20. The average molecular weight is 251 g/mol. The van der Waals surface area contributed by atoms with Crippen LogP contribution in [0.25, 0.3) is 0 Å². The van der Waals surface area contributed by atoms with Gasteiger partial charge < -0.3 is 10.2 Å². The van der Waals surface area contributed by atoms with Gasteiger partial charge in [0, 0.05) is 4.90 Å². The lowest BCUT2D eigenvalue weighted by atomic mass is 10.3. The summed E-state index contributed by atoms with van der Waals surface area (Å²) < 4.78 is 12.8. The highest BCUT2D eigenvalue weighted by Crippen LogP contribution is 2.27. The molecule has 0 aliphatic heterocycles. The summed E-state index contributed by atoms with van der Waals surface area (Å²) in [6.45, 7) is -0.491. The fraction of sp³-hybridized carbons (Fsp3) is 0.222. The Balaban J connectivity index is 2.80. The highest BCUT2D eigenvalue weighted by Gasteiger charge is 2.17. The molecule has 1 rings (SSSR count). The van der Waals surface area contributed by atoms with Crippen LogP contribution < -0.4 is 0 Å². The van der Waals surface area contributed by atoms with Gasteiger partial charge in [-0.3, -0.25) is 4.79 Å². The summed E-state index contributed by atoms with van der Waals surface area (Å²) in [5, 5.41) is 16.4. The van der Waals surface area contributed by atoms with Gasteiger partial charge in [-0.05, 0) is 18.2 Å². The maximum atomic E-state index is 12.8. The molecule has 0 aliphatic rings. The number of halogens is 2. The van der Waals surface area contributed by atoms with Gasteiger partial charge in [0.1, 0.15) is 11.1 Å². The standard InChI is InChI=1S/C9H8ClFO3S/c10-6-3-5(1-2-7(6)11)15-8(4-12)9(13)14/h1-3,8,12H,4H2,(H,13,14).